The highest BCUT2D eigenvalue weighted by Gasteiger charge is 2.25. The molecule has 1 aliphatic rings. The van der Waals surface area contributed by atoms with Gasteiger partial charge in [0.2, 0.25) is 0 Å². The van der Waals surface area contributed by atoms with E-state index in [1.54, 1.807) is 4.68 Å². The van der Waals surface area contributed by atoms with Crippen LogP contribution >= 0.6 is 34.7 Å². The number of carbonyl (C=O) groups excluding carboxylic acids is 1. The normalized spacial score (nSPS) is 13.1. The lowest BCUT2D eigenvalue weighted by atomic mass is 10.2. The van der Waals surface area contributed by atoms with E-state index in [9.17, 15) is 4.79 Å². The molecule has 2 aromatic heterocycles. The number of rotatable bonds is 3. The van der Waals surface area contributed by atoms with E-state index in [4.69, 9.17) is 11.6 Å². The number of amides is 1. The quantitative estimate of drug-likeness (QED) is 0.708. The summed E-state index contributed by atoms with van der Waals surface area (Å²) in [6.45, 7) is 1.99. The molecule has 4 nitrogen and oxygen atoms in total. The fourth-order valence-corrected chi connectivity index (χ4v) is 4.58. The first-order valence-corrected chi connectivity index (χ1v) is 9.84. The van der Waals surface area contributed by atoms with Gasteiger partial charge in [-0.15, -0.1) is 11.3 Å². The summed E-state index contributed by atoms with van der Waals surface area (Å²) in [5.74, 6) is 2.40. The van der Waals surface area contributed by atoms with Gasteiger partial charge in [0.25, 0.3) is 5.91 Å². The van der Waals surface area contributed by atoms with Crippen molar-refractivity contribution in [1.82, 2.24) is 9.78 Å². The zero-order valence-corrected chi connectivity index (χ0v) is 15.3. The maximum absolute atomic E-state index is 12.6. The van der Waals surface area contributed by atoms with Crippen LogP contribution in [0.25, 0.3) is 5.69 Å². The second-order valence-electron chi connectivity index (χ2n) is 5.60. The molecule has 1 amide bonds. The molecule has 3 aromatic rings. The van der Waals surface area contributed by atoms with Crippen LogP contribution in [0.5, 0.6) is 0 Å². The highest BCUT2D eigenvalue weighted by molar-refractivity contribution is 7.98. The Kier molecular flexibility index (Phi) is 4.12. The fraction of sp³-hybridized carbons (Fsp3) is 0.176. The van der Waals surface area contributed by atoms with Crippen LogP contribution in [0.2, 0.25) is 5.02 Å². The molecule has 3 heterocycles. The van der Waals surface area contributed by atoms with E-state index in [0.29, 0.717) is 9.90 Å². The average Bonchev–Trinajstić information content (AvgIpc) is 3.26. The SMILES string of the molecule is Cc1csc(C(=O)Nc2c3c(nn2-c2ccc(Cl)cc2)CSC3)c1. The first-order chi connectivity index (χ1) is 11.6. The second-order valence-corrected chi connectivity index (χ2v) is 7.93. The maximum Gasteiger partial charge on any atom is 0.266 e. The predicted octanol–water partition coefficient (Wildman–Crippen LogP) is 4.89. The van der Waals surface area contributed by atoms with Crippen molar-refractivity contribution in [1.29, 1.82) is 0 Å². The Balaban J connectivity index is 1.73. The second kappa shape index (κ2) is 6.27. The van der Waals surface area contributed by atoms with E-state index < -0.39 is 0 Å². The topological polar surface area (TPSA) is 46.9 Å². The van der Waals surface area contributed by atoms with Crippen molar-refractivity contribution in [3.8, 4) is 5.69 Å². The van der Waals surface area contributed by atoms with Gasteiger partial charge in [-0.05, 0) is 48.2 Å². The lowest BCUT2D eigenvalue weighted by molar-refractivity contribution is 0.102. The number of nitrogens with one attached hydrogen (secondary N) is 1. The maximum atomic E-state index is 12.6. The molecular formula is C17H14ClN3OS2. The van der Waals surface area contributed by atoms with Crippen molar-refractivity contribution in [2.75, 3.05) is 5.32 Å². The summed E-state index contributed by atoms with van der Waals surface area (Å²) in [5.41, 5.74) is 4.12. The zero-order chi connectivity index (χ0) is 16.7. The number of aromatic nitrogens is 2. The third-order valence-electron chi connectivity index (χ3n) is 3.81. The van der Waals surface area contributed by atoms with Gasteiger partial charge < -0.3 is 5.32 Å². The molecule has 4 rings (SSSR count). The van der Waals surface area contributed by atoms with Gasteiger partial charge >= 0.3 is 0 Å². The van der Waals surface area contributed by atoms with Crippen molar-refractivity contribution < 1.29 is 4.79 Å². The summed E-state index contributed by atoms with van der Waals surface area (Å²) in [4.78, 5) is 13.3. The van der Waals surface area contributed by atoms with Gasteiger partial charge in [-0.2, -0.15) is 16.9 Å². The minimum atomic E-state index is -0.0945. The van der Waals surface area contributed by atoms with Gasteiger partial charge in [-0.1, -0.05) is 11.6 Å². The van der Waals surface area contributed by atoms with Crippen LogP contribution < -0.4 is 5.32 Å². The summed E-state index contributed by atoms with van der Waals surface area (Å²) < 4.78 is 1.80. The summed E-state index contributed by atoms with van der Waals surface area (Å²) in [6.07, 6.45) is 0. The van der Waals surface area contributed by atoms with E-state index in [1.807, 2.05) is 54.4 Å². The number of nitrogens with zero attached hydrogens (tertiary/aromatic N) is 2. The lowest BCUT2D eigenvalue weighted by Gasteiger charge is -2.10. The molecule has 7 heteroatoms. The minimum Gasteiger partial charge on any atom is -0.305 e. The molecule has 0 fully saturated rings. The Morgan fingerprint density at radius 2 is 2.08 bits per heavy atom. The van der Waals surface area contributed by atoms with Gasteiger partial charge in [0, 0.05) is 22.1 Å². The molecule has 0 bridgehead atoms. The molecule has 0 spiro atoms. The standard InChI is InChI=1S/C17H14ClN3OS2/c1-10-6-15(24-7-10)17(22)19-16-13-8-23-9-14(13)20-21(16)12-4-2-11(18)3-5-12/h2-7H,8-9H2,1H3,(H,19,22). The molecule has 1 aliphatic heterocycles. The van der Waals surface area contributed by atoms with Crippen LogP contribution in [-0.2, 0) is 11.5 Å². The van der Waals surface area contributed by atoms with Crippen LogP contribution in [0.15, 0.2) is 35.7 Å². The molecular weight excluding hydrogens is 362 g/mol. The summed E-state index contributed by atoms with van der Waals surface area (Å²) >= 11 is 9.24. The van der Waals surface area contributed by atoms with E-state index >= 15 is 0 Å². The van der Waals surface area contributed by atoms with Crippen LogP contribution in [0, 0.1) is 6.92 Å². The zero-order valence-electron chi connectivity index (χ0n) is 12.9. The van der Waals surface area contributed by atoms with E-state index in [1.165, 1.54) is 11.3 Å². The number of hydrogen-bond acceptors (Lipinski definition) is 4. The molecule has 0 aliphatic carbocycles. The molecule has 122 valence electrons. The number of halogens is 1. The number of aryl methyl sites for hydroxylation is 1. The minimum absolute atomic E-state index is 0.0945. The first-order valence-electron chi connectivity index (χ1n) is 7.43. The Labute approximate surface area is 152 Å². The summed E-state index contributed by atoms with van der Waals surface area (Å²) in [7, 11) is 0. The average molecular weight is 376 g/mol. The number of carbonyl (C=O) groups is 1. The van der Waals surface area contributed by atoms with Crippen molar-refractivity contribution in [2.24, 2.45) is 0 Å². The van der Waals surface area contributed by atoms with Gasteiger partial charge in [-0.3, -0.25) is 4.79 Å². The van der Waals surface area contributed by atoms with Gasteiger partial charge in [-0.25, -0.2) is 4.68 Å². The van der Waals surface area contributed by atoms with Gasteiger partial charge in [0.1, 0.15) is 5.82 Å². The van der Waals surface area contributed by atoms with Crippen molar-refractivity contribution >= 4 is 46.4 Å². The van der Waals surface area contributed by atoms with E-state index in [0.717, 1.165) is 39.8 Å². The summed E-state index contributed by atoms with van der Waals surface area (Å²) in [6, 6.07) is 9.36. The molecule has 24 heavy (non-hydrogen) atoms. The number of benzene rings is 1. The Morgan fingerprint density at radius 3 is 2.79 bits per heavy atom. The van der Waals surface area contributed by atoms with Crippen molar-refractivity contribution in [3.63, 3.8) is 0 Å². The summed E-state index contributed by atoms with van der Waals surface area (Å²) in [5, 5.41) is 10.4. The number of hydrogen-bond donors (Lipinski definition) is 1. The monoisotopic (exact) mass is 375 g/mol. The third kappa shape index (κ3) is 2.85. The molecule has 0 saturated heterocycles. The van der Waals surface area contributed by atoms with Crippen molar-refractivity contribution in [2.45, 2.75) is 18.4 Å². The third-order valence-corrected chi connectivity index (χ3v) is 6.08. The fourth-order valence-electron chi connectivity index (χ4n) is 2.63. The highest BCUT2D eigenvalue weighted by Crippen LogP contribution is 2.36. The number of fused-ring (bicyclic) bond motifs is 1. The molecule has 0 saturated carbocycles. The highest BCUT2D eigenvalue weighted by atomic mass is 35.5. The van der Waals surface area contributed by atoms with Crippen molar-refractivity contribution in [3.05, 3.63) is 62.4 Å². The molecule has 1 N–H and O–H groups in total. The van der Waals surface area contributed by atoms with E-state index in [-0.39, 0.29) is 5.91 Å². The Hall–Kier alpha value is -1.76. The smallest absolute Gasteiger partial charge is 0.266 e. The number of thiophene rings is 1. The first kappa shape index (κ1) is 15.7. The largest absolute Gasteiger partial charge is 0.305 e. The molecule has 1 aromatic carbocycles. The lowest BCUT2D eigenvalue weighted by Crippen LogP contribution is -2.15. The molecule has 0 atom stereocenters. The van der Waals surface area contributed by atoms with Crippen LogP contribution in [0.3, 0.4) is 0 Å². The van der Waals surface area contributed by atoms with Crippen LogP contribution in [0.4, 0.5) is 5.82 Å². The number of anilines is 1. The van der Waals surface area contributed by atoms with E-state index in [2.05, 4.69) is 10.4 Å². The Morgan fingerprint density at radius 1 is 1.29 bits per heavy atom. The van der Waals surface area contributed by atoms with Gasteiger partial charge in [0.15, 0.2) is 0 Å². The Bertz CT molecular complexity index is 915. The predicted molar refractivity (Wildman–Crippen MR) is 101 cm³/mol. The molecule has 0 radical (unpaired) electrons. The molecule has 0 unspecified atom stereocenters. The van der Waals surface area contributed by atoms with Crippen LogP contribution in [-0.4, -0.2) is 15.7 Å². The van der Waals surface area contributed by atoms with Gasteiger partial charge in [0.05, 0.1) is 16.3 Å². The number of thioether (sulfide) groups is 1. The van der Waals surface area contributed by atoms with Crippen LogP contribution in [0.1, 0.15) is 26.5 Å².